The molecule has 1 heterocycles. The maximum absolute atomic E-state index is 13.5. The van der Waals surface area contributed by atoms with Crippen molar-refractivity contribution < 1.29 is 9.59 Å². The highest BCUT2D eigenvalue weighted by Gasteiger charge is 2.28. The third-order valence-corrected chi connectivity index (χ3v) is 6.45. The van der Waals surface area contributed by atoms with Crippen LogP contribution in [0.15, 0.2) is 91.0 Å². The molecule has 1 aromatic heterocycles. The second-order valence-corrected chi connectivity index (χ2v) is 9.51. The number of nitrogens with zero attached hydrogens (tertiary/aromatic N) is 3. The summed E-state index contributed by atoms with van der Waals surface area (Å²) >= 11 is 0. The lowest BCUT2D eigenvalue weighted by Crippen LogP contribution is -2.44. The van der Waals surface area contributed by atoms with E-state index in [1.54, 1.807) is 9.58 Å². The predicted octanol–water partition coefficient (Wildman–Crippen LogP) is 6.22. The molecule has 1 atom stereocenters. The molecular weight excluding hydrogens is 460 g/mol. The van der Waals surface area contributed by atoms with Crippen molar-refractivity contribution in [3.05, 3.63) is 102 Å². The molecule has 6 heteroatoms. The van der Waals surface area contributed by atoms with Gasteiger partial charge in [0.25, 0.3) is 0 Å². The van der Waals surface area contributed by atoms with E-state index in [4.69, 9.17) is 5.10 Å². The minimum absolute atomic E-state index is 0.0421. The highest BCUT2D eigenvalue weighted by atomic mass is 16.2. The first-order valence-electron chi connectivity index (χ1n) is 12.7. The highest BCUT2D eigenvalue weighted by molar-refractivity contribution is 5.95. The van der Waals surface area contributed by atoms with Crippen molar-refractivity contribution in [1.29, 1.82) is 0 Å². The average Bonchev–Trinajstić information content (AvgIpc) is 3.32. The number of anilines is 1. The van der Waals surface area contributed by atoms with Crippen LogP contribution in [0.2, 0.25) is 0 Å². The first kappa shape index (κ1) is 25.9. The molecule has 0 aliphatic carbocycles. The molecular formula is C31H34N4O2. The van der Waals surface area contributed by atoms with Crippen molar-refractivity contribution in [2.24, 2.45) is 0 Å². The molecule has 4 aromatic rings. The molecule has 4 rings (SSSR count). The average molecular weight is 495 g/mol. The zero-order valence-electron chi connectivity index (χ0n) is 21.9. The molecule has 37 heavy (non-hydrogen) atoms. The van der Waals surface area contributed by atoms with Crippen LogP contribution in [0.25, 0.3) is 16.9 Å². The van der Waals surface area contributed by atoms with Gasteiger partial charge in [0.1, 0.15) is 12.4 Å². The molecule has 6 nitrogen and oxygen atoms in total. The summed E-state index contributed by atoms with van der Waals surface area (Å²) in [4.78, 5) is 28.5. The fourth-order valence-corrected chi connectivity index (χ4v) is 4.39. The molecule has 0 saturated carbocycles. The van der Waals surface area contributed by atoms with Gasteiger partial charge >= 0.3 is 0 Å². The number of carbonyl (C=O) groups excluding carboxylic acids is 2. The van der Waals surface area contributed by atoms with Crippen LogP contribution >= 0.6 is 0 Å². The van der Waals surface area contributed by atoms with Gasteiger partial charge in [-0.1, -0.05) is 85.3 Å². The molecule has 1 unspecified atom stereocenters. The van der Waals surface area contributed by atoms with E-state index in [0.29, 0.717) is 12.2 Å². The van der Waals surface area contributed by atoms with E-state index < -0.39 is 0 Å². The molecule has 2 amide bonds. The van der Waals surface area contributed by atoms with Crippen LogP contribution in [0.3, 0.4) is 0 Å². The Bertz CT molecular complexity index is 1330. The highest BCUT2D eigenvalue weighted by Crippen LogP contribution is 2.26. The van der Waals surface area contributed by atoms with E-state index in [9.17, 15) is 9.59 Å². The van der Waals surface area contributed by atoms with Gasteiger partial charge in [-0.25, -0.2) is 4.68 Å². The molecule has 1 N–H and O–H groups in total. The normalized spacial score (nSPS) is 11.8. The van der Waals surface area contributed by atoms with Crippen molar-refractivity contribution >= 4 is 17.6 Å². The minimum atomic E-state index is -0.292. The third kappa shape index (κ3) is 6.15. The van der Waals surface area contributed by atoms with E-state index in [-0.39, 0.29) is 30.3 Å². The van der Waals surface area contributed by atoms with Gasteiger partial charge in [0, 0.05) is 17.7 Å². The molecule has 0 spiro atoms. The maximum atomic E-state index is 13.5. The predicted molar refractivity (Wildman–Crippen MR) is 149 cm³/mol. The summed E-state index contributed by atoms with van der Waals surface area (Å²) in [6, 6.07) is 29.3. The van der Waals surface area contributed by atoms with Crippen LogP contribution in [-0.4, -0.2) is 39.1 Å². The van der Waals surface area contributed by atoms with Crippen LogP contribution in [0.5, 0.6) is 0 Å². The smallest absolute Gasteiger partial charge is 0.245 e. The van der Waals surface area contributed by atoms with Gasteiger partial charge < -0.3 is 10.2 Å². The summed E-state index contributed by atoms with van der Waals surface area (Å²) in [7, 11) is 0. The summed E-state index contributed by atoms with van der Waals surface area (Å²) in [6.45, 7) is 7.86. The van der Waals surface area contributed by atoms with Gasteiger partial charge in [0.05, 0.1) is 17.3 Å². The summed E-state index contributed by atoms with van der Waals surface area (Å²) in [5.41, 5.74) is 4.65. The van der Waals surface area contributed by atoms with Crippen molar-refractivity contribution in [3.8, 4) is 16.9 Å². The van der Waals surface area contributed by atoms with Gasteiger partial charge in [-0.05, 0) is 44.9 Å². The number of rotatable bonds is 9. The number of amides is 2. The molecule has 0 bridgehead atoms. The van der Waals surface area contributed by atoms with E-state index in [0.717, 1.165) is 28.1 Å². The second kappa shape index (κ2) is 11.7. The number of nitrogens with one attached hydrogen (secondary N) is 1. The Hall–Kier alpha value is -4.19. The minimum Gasteiger partial charge on any atom is -0.330 e. The SMILES string of the molecule is CCC(C(=O)N(CC(=O)Nc1cc(-c2ccccc2)nn1-c1ccc(C)cc1)C(C)C)c1ccccc1. The van der Waals surface area contributed by atoms with Crippen LogP contribution in [0.4, 0.5) is 5.82 Å². The van der Waals surface area contributed by atoms with E-state index in [1.807, 2.05) is 119 Å². The van der Waals surface area contributed by atoms with Crippen LogP contribution in [0.1, 0.15) is 44.2 Å². The maximum Gasteiger partial charge on any atom is 0.245 e. The second-order valence-electron chi connectivity index (χ2n) is 9.51. The summed E-state index contributed by atoms with van der Waals surface area (Å²) in [5.74, 6) is -0.0492. The van der Waals surface area contributed by atoms with Crippen molar-refractivity contribution in [3.63, 3.8) is 0 Å². The molecule has 3 aromatic carbocycles. The lowest BCUT2D eigenvalue weighted by atomic mass is 9.94. The summed E-state index contributed by atoms with van der Waals surface area (Å²) < 4.78 is 1.74. The van der Waals surface area contributed by atoms with E-state index in [2.05, 4.69) is 5.32 Å². The van der Waals surface area contributed by atoms with Crippen molar-refractivity contribution in [2.45, 2.75) is 46.1 Å². The van der Waals surface area contributed by atoms with E-state index >= 15 is 0 Å². The summed E-state index contributed by atoms with van der Waals surface area (Å²) in [6.07, 6.45) is 0.661. The Kier molecular flexibility index (Phi) is 8.18. The fraction of sp³-hybridized carbons (Fsp3) is 0.258. The monoisotopic (exact) mass is 494 g/mol. The largest absolute Gasteiger partial charge is 0.330 e. The van der Waals surface area contributed by atoms with Gasteiger partial charge in [-0.15, -0.1) is 0 Å². The molecule has 190 valence electrons. The fourth-order valence-electron chi connectivity index (χ4n) is 4.39. The molecule has 0 aliphatic heterocycles. The lowest BCUT2D eigenvalue weighted by molar-refractivity contribution is -0.137. The number of aryl methyl sites for hydroxylation is 1. The summed E-state index contributed by atoms with van der Waals surface area (Å²) in [5, 5.41) is 7.80. The molecule has 0 radical (unpaired) electrons. The first-order chi connectivity index (χ1) is 17.9. The van der Waals surface area contributed by atoms with Crippen LogP contribution in [-0.2, 0) is 9.59 Å². The lowest BCUT2D eigenvalue weighted by Gasteiger charge is -2.30. The number of benzene rings is 3. The van der Waals surface area contributed by atoms with Gasteiger partial charge in [0.2, 0.25) is 11.8 Å². The van der Waals surface area contributed by atoms with Gasteiger partial charge in [-0.2, -0.15) is 5.10 Å². The van der Waals surface area contributed by atoms with Gasteiger partial charge in [0.15, 0.2) is 0 Å². The standard InChI is InChI=1S/C31H34N4O2/c1-5-27(24-12-8-6-9-13-24)31(37)34(22(2)3)21-30(36)32-29-20-28(25-14-10-7-11-15-25)33-35(29)26-18-16-23(4)17-19-26/h6-20,22,27H,5,21H2,1-4H3,(H,32,36). The Morgan fingerprint density at radius 3 is 2.14 bits per heavy atom. The Morgan fingerprint density at radius 2 is 1.54 bits per heavy atom. The molecule has 0 fully saturated rings. The Labute approximate surface area is 218 Å². The quantitative estimate of drug-likeness (QED) is 0.300. The Balaban J connectivity index is 1.59. The molecule has 0 aliphatic rings. The zero-order valence-corrected chi connectivity index (χ0v) is 21.9. The third-order valence-electron chi connectivity index (χ3n) is 6.45. The molecule has 0 saturated heterocycles. The van der Waals surface area contributed by atoms with Gasteiger partial charge in [-0.3, -0.25) is 9.59 Å². The van der Waals surface area contributed by atoms with E-state index in [1.165, 1.54) is 0 Å². The number of hydrogen-bond acceptors (Lipinski definition) is 3. The zero-order chi connectivity index (χ0) is 26.4. The van der Waals surface area contributed by atoms with Crippen LogP contribution in [0, 0.1) is 6.92 Å². The van der Waals surface area contributed by atoms with Crippen molar-refractivity contribution in [1.82, 2.24) is 14.7 Å². The first-order valence-corrected chi connectivity index (χ1v) is 12.7. The topological polar surface area (TPSA) is 67.2 Å². The van der Waals surface area contributed by atoms with Crippen LogP contribution < -0.4 is 5.32 Å². The number of carbonyl (C=O) groups is 2. The van der Waals surface area contributed by atoms with Crippen molar-refractivity contribution in [2.75, 3.05) is 11.9 Å². The Morgan fingerprint density at radius 1 is 0.919 bits per heavy atom. The number of aromatic nitrogens is 2. The number of hydrogen-bond donors (Lipinski definition) is 1.